The number of carbonyl (C=O) groups excluding carboxylic acids is 1. The smallest absolute Gasteiger partial charge is 0.250 e. The lowest BCUT2D eigenvalue weighted by molar-refractivity contribution is 0.0999. The van der Waals surface area contributed by atoms with E-state index in [0.29, 0.717) is 12.1 Å². The third-order valence-corrected chi connectivity index (χ3v) is 3.08. The first-order valence-corrected chi connectivity index (χ1v) is 5.91. The van der Waals surface area contributed by atoms with Gasteiger partial charge in [-0.05, 0) is 42.8 Å². The SMILES string of the molecule is C=CCn1c(-c2ccc(F)cc2)cc(C(N)=O)c1C. The lowest BCUT2D eigenvalue weighted by Gasteiger charge is -2.09. The molecule has 0 bridgehead atoms. The third-order valence-electron chi connectivity index (χ3n) is 3.08. The number of primary amides is 1. The summed E-state index contributed by atoms with van der Waals surface area (Å²) < 4.78 is 14.9. The van der Waals surface area contributed by atoms with Gasteiger partial charge in [0.25, 0.3) is 5.91 Å². The number of aromatic nitrogens is 1. The van der Waals surface area contributed by atoms with Crippen molar-refractivity contribution < 1.29 is 9.18 Å². The molecule has 0 saturated carbocycles. The highest BCUT2D eigenvalue weighted by Gasteiger charge is 2.15. The van der Waals surface area contributed by atoms with E-state index in [-0.39, 0.29) is 5.82 Å². The maximum Gasteiger partial charge on any atom is 0.250 e. The Balaban J connectivity index is 2.61. The van der Waals surface area contributed by atoms with Crippen LogP contribution in [0.15, 0.2) is 43.0 Å². The number of nitrogens with two attached hydrogens (primary N) is 1. The summed E-state index contributed by atoms with van der Waals surface area (Å²) in [5, 5.41) is 0. The lowest BCUT2D eigenvalue weighted by Crippen LogP contribution is -2.12. The van der Waals surface area contributed by atoms with Crippen LogP contribution >= 0.6 is 0 Å². The van der Waals surface area contributed by atoms with Crippen LogP contribution in [0.2, 0.25) is 0 Å². The Kier molecular flexibility index (Phi) is 3.51. The van der Waals surface area contributed by atoms with Crippen LogP contribution in [0.5, 0.6) is 0 Å². The average Bonchev–Trinajstić information content (AvgIpc) is 2.69. The Morgan fingerprint density at radius 3 is 2.58 bits per heavy atom. The zero-order valence-electron chi connectivity index (χ0n) is 10.7. The number of carbonyl (C=O) groups is 1. The predicted molar refractivity (Wildman–Crippen MR) is 73.3 cm³/mol. The number of rotatable bonds is 4. The van der Waals surface area contributed by atoms with E-state index in [4.69, 9.17) is 5.73 Å². The van der Waals surface area contributed by atoms with Gasteiger partial charge in [-0.3, -0.25) is 4.79 Å². The van der Waals surface area contributed by atoms with Crippen molar-refractivity contribution in [2.75, 3.05) is 0 Å². The monoisotopic (exact) mass is 258 g/mol. The zero-order valence-corrected chi connectivity index (χ0v) is 10.7. The van der Waals surface area contributed by atoms with Gasteiger partial charge in [-0.2, -0.15) is 0 Å². The van der Waals surface area contributed by atoms with Crippen molar-refractivity contribution in [3.63, 3.8) is 0 Å². The first-order chi connectivity index (χ1) is 9.04. The molecule has 0 unspecified atom stereocenters. The fourth-order valence-corrected chi connectivity index (χ4v) is 2.12. The lowest BCUT2D eigenvalue weighted by atomic mass is 10.1. The molecule has 2 rings (SSSR count). The topological polar surface area (TPSA) is 48.0 Å². The number of amides is 1. The van der Waals surface area contributed by atoms with E-state index in [2.05, 4.69) is 6.58 Å². The van der Waals surface area contributed by atoms with Crippen LogP contribution in [0.4, 0.5) is 4.39 Å². The molecule has 0 saturated heterocycles. The normalized spacial score (nSPS) is 10.4. The molecular formula is C15H15FN2O. The fraction of sp³-hybridized carbons (Fsp3) is 0.133. The van der Waals surface area contributed by atoms with Crippen LogP contribution in [-0.4, -0.2) is 10.5 Å². The summed E-state index contributed by atoms with van der Waals surface area (Å²) >= 11 is 0. The molecule has 3 nitrogen and oxygen atoms in total. The van der Waals surface area contributed by atoms with Crippen LogP contribution in [0.25, 0.3) is 11.3 Å². The van der Waals surface area contributed by atoms with E-state index < -0.39 is 5.91 Å². The maximum absolute atomic E-state index is 13.0. The van der Waals surface area contributed by atoms with Crippen molar-refractivity contribution in [2.24, 2.45) is 5.73 Å². The summed E-state index contributed by atoms with van der Waals surface area (Å²) in [5.74, 6) is -0.763. The molecule has 98 valence electrons. The summed E-state index contributed by atoms with van der Waals surface area (Å²) in [4.78, 5) is 11.4. The minimum absolute atomic E-state index is 0.294. The Hall–Kier alpha value is -2.36. The minimum atomic E-state index is -0.469. The summed E-state index contributed by atoms with van der Waals surface area (Å²) in [6.07, 6.45) is 1.74. The zero-order chi connectivity index (χ0) is 14.0. The molecule has 1 amide bonds. The second-order valence-electron chi connectivity index (χ2n) is 4.30. The van der Waals surface area contributed by atoms with Crippen molar-refractivity contribution in [3.05, 3.63) is 60.1 Å². The van der Waals surface area contributed by atoms with E-state index in [1.54, 1.807) is 24.3 Å². The summed E-state index contributed by atoms with van der Waals surface area (Å²) in [6.45, 7) is 6.09. The number of nitrogens with zero attached hydrogens (tertiary/aromatic N) is 1. The Morgan fingerprint density at radius 1 is 1.42 bits per heavy atom. The van der Waals surface area contributed by atoms with Gasteiger partial charge in [0.2, 0.25) is 0 Å². The van der Waals surface area contributed by atoms with Crippen LogP contribution in [0, 0.1) is 12.7 Å². The molecule has 0 radical (unpaired) electrons. The second-order valence-corrected chi connectivity index (χ2v) is 4.30. The van der Waals surface area contributed by atoms with Crippen LogP contribution in [0.1, 0.15) is 16.1 Å². The standard InChI is InChI=1S/C15H15FN2O/c1-3-8-18-10(2)13(15(17)19)9-14(18)11-4-6-12(16)7-5-11/h3-7,9H,1,8H2,2H3,(H2,17,19). The van der Waals surface area contributed by atoms with Gasteiger partial charge in [-0.1, -0.05) is 6.08 Å². The summed E-state index contributed by atoms with van der Waals surface area (Å²) in [6, 6.07) is 7.86. The number of hydrogen-bond acceptors (Lipinski definition) is 1. The molecule has 0 fully saturated rings. The predicted octanol–water partition coefficient (Wildman–Crippen LogP) is 2.89. The van der Waals surface area contributed by atoms with Gasteiger partial charge < -0.3 is 10.3 Å². The maximum atomic E-state index is 13.0. The van der Waals surface area contributed by atoms with Gasteiger partial charge in [0.15, 0.2) is 0 Å². The van der Waals surface area contributed by atoms with E-state index in [9.17, 15) is 9.18 Å². The van der Waals surface area contributed by atoms with E-state index in [1.807, 2.05) is 11.5 Å². The minimum Gasteiger partial charge on any atom is -0.366 e. The molecule has 19 heavy (non-hydrogen) atoms. The molecule has 0 aliphatic rings. The van der Waals surface area contributed by atoms with E-state index in [1.165, 1.54) is 12.1 Å². The quantitative estimate of drug-likeness (QED) is 0.842. The van der Waals surface area contributed by atoms with Gasteiger partial charge in [-0.25, -0.2) is 4.39 Å². The fourth-order valence-electron chi connectivity index (χ4n) is 2.12. The molecule has 0 aliphatic heterocycles. The Labute approximate surface area is 111 Å². The van der Waals surface area contributed by atoms with Gasteiger partial charge in [0, 0.05) is 17.9 Å². The number of benzene rings is 1. The van der Waals surface area contributed by atoms with Crippen molar-refractivity contribution in [3.8, 4) is 11.3 Å². The van der Waals surface area contributed by atoms with Crippen molar-refractivity contribution >= 4 is 5.91 Å². The van der Waals surface area contributed by atoms with Gasteiger partial charge in [-0.15, -0.1) is 6.58 Å². The van der Waals surface area contributed by atoms with E-state index >= 15 is 0 Å². The highest BCUT2D eigenvalue weighted by molar-refractivity contribution is 5.95. The van der Waals surface area contributed by atoms with Crippen molar-refractivity contribution in [1.82, 2.24) is 4.57 Å². The first kappa shape index (κ1) is 13.1. The van der Waals surface area contributed by atoms with Gasteiger partial charge in [0.1, 0.15) is 5.82 Å². The summed E-state index contributed by atoms with van der Waals surface area (Å²) in [7, 11) is 0. The molecule has 0 aliphatic carbocycles. The molecular weight excluding hydrogens is 243 g/mol. The average molecular weight is 258 g/mol. The summed E-state index contributed by atoms with van der Waals surface area (Å²) in [5.41, 5.74) is 8.27. The molecule has 0 atom stereocenters. The number of hydrogen-bond donors (Lipinski definition) is 1. The van der Waals surface area contributed by atoms with Crippen LogP contribution in [-0.2, 0) is 6.54 Å². The number of allylic oxidation sites excluding steroid dienone is 1. The molecule has 1 heterocycles. The van der Waals surface area contributed by atoms with Crippen molar-refractivity contribution in [1.29, 1.82) is 0 Å². The number of halogens is 1. The van der Waals surface area contributed by atoms with Gasteiger partial charge >= 0.3 is 0 Å². The van der Waals surface area contributed by atoms with Crippen LogP contribution in [0.3, 0.4) is 0 Å². The molecule has 4 heteroatoms. The largest absolute Gasteiger partial charge is 0.366 e. The first-order valence-electron chi connectivity index (χ1n) is 5.91. The molecule has 1 aromatic heterocycles. The highest BCUT2D eigenvalue weighted by Crippen LogP contribution is 2.26. The Morgan fingerprint density at radius 2 is 2.05 bits per heavy atom. The highest BCUT2D eigenvalue weighted by atomic mass is 19.1. The van der Waals surface area contributed by atoms with Gasteiger partial charge in [0.05, 0.1) is 5.56 Å². The Bertz CT molecular complexity index is 626. The molecule has 2 aromatic rings. The van der Waals surface area contributed by atoms with E-state index in [0.717, 1.165) is 17.0 Å². The second kappa shape index (κ2) is 5.10. The van der Waals surface area contributed by atoms with Crippen LogP contribution < -0.4 is 5.73 Å². The van der Waals surface area contributed by atoms with Crippen molar-refractivity contribution in [2.45, 2.75) is 13.5 Å². The molecule has 1 aromatic carbocycles. The third kappa shape index (κ3) is 2.42. The molecule has 2 N–H and O–H groups in total. The molecule has 0 spiro atoms.